The van der Waals surface area contributed by atoms with Crippen LogP contribution in [0.1, 0.15) is 19.3 Å². The third kappa shape index (κ3) is 4.64. The molecule has 0 spiro atoms. The van der Waals surface area contributed by atoms with Gasteiger partial charge in [-0.3, -0.25) is 4.79 Å². The van der Waals surface area contributed by atoms with E-state index in [-0.39, 0.29) is 12.5 Å². The van der Waals surface area contributed by atoms with E-state index < -0.39 is 12.1 Å². The minimum absolute atomic E-state index is 0.0663. The number of aliphatic carboxylic acids is 1. The summed E-state index contributed by atoms with van der Waals surface area (Å²) < 4.78 is 10.6. The van der Waals surface area contributed by atoms with E-state index >= 15 is 0 Å². The number of hydrogen-bond acceptors (Lipinski definition) is 4. The minimum Gasteiger partial charge on any atom is -0.481 e. The fraction of sp³-hybridized carbons (Fsp3) is 0.846. The van der Waals surface area contributed by atoms with Crippen LogP contribution in [0, 0.1) is 5.92 Å². The number of carboxylic acid groups (broad SMARTS) is 1. The Hall–Kier alpha value is -1.34. The zero-order chi connectivity index (χ0) is 14.4. The number of rotatable bonds is 5. The maximum atomic E-state index is 12.0. The molecule has 0 aromatic carbocycles. The summed E-state index contributed by atoms with van der Waals surface area (Å²) in [5.41, 5.74) is 0. The maximum Gasteiger partial charge on any atom is 0.317 e. The average Bonchev–Trinajstić information content (AvgIpc) is 2.91. The Kier molecular flexibility index (Phi) is 5.60. The fourth-order valence-electron chi connectivity index (χ4n) is 2.53. The number of ether oxygens (including phenoxy) is 2. The Morgan fingerprint density at radius 2 is 2.20 bits per heavy atom. The molecule has 2 atom stereocenters. The molecule has 2 amide bonds. The third-order valence-electron chi connectivity index (χ3n) is 3.68. The predicted molar refractivity (Wildman–Crippen MR) is 70.5 cm³/mol. The standard InChI is InChI=1S/C13H22N2O5/c16-12(17)7-11-8-15(4-6-20-11)13(18)14-3-1-10-2-5-19-9-10/h10-11H,1-9H2,(H,14,18)(H,16,17). The van der Waals surface area contributed by atoms with Gasteiger partial charge in [-0.25, -0.2) is 4.79 Å². The van der Waals surface area contributed by atoms with Crippen molar-refractivity contribution in [1.82, 2.24) is 10.2 Å². The Balaban J connectivity index is 1.67. The zero-order valence-electron chi connectivity index (χ0n) is 11.5. The topological polar surface area (TPSA) is 88.1 Å². The molecule has 2 unspecified atom stereocenters. The highest BCUT2D eigenvalue weighted by Crippen LogP contribution is 2.15. The quantitative estimate of drug-likeness (QED) is 0.759. The third-order valence-corrected chi connectivity index (χ3v) is 3.68. The van der Waals surface area contributed by atoms with E-state index in [0.717, 1.165) is 26.1 Å². The lowest BCUT2D eigenvalue weighted by atomic mass is 10.1. The van der Waals surface area contributed by atoms with E-state index in [1.165, 1.54) is 0 Å². The monoisotopic (exact) mass is 286 g/mol. The van der Waals surface area contributed by atoms with Gasteiger partial charge in [0.05, 0.1) is 19.1 Å². The highest BCUT2D eigenvalue weighted by atomic mass is 16.5. The first-order valence-corrected chi connectivity index (χ1v) is 7.09. The minimum atomic E-state index is -0.904. The molecule has 0 aromatic rings. The van der Waals surface area contributed by atoms with E-state index in [1.807, 2.05) is 0 Å². The van der Waals surface area contributed by atoms with Crippen LogP contribution in [0.3, 0.4) is 0 Å². The van der Waals surface area contributed by atoms with Crippen molar-refractivity contribution < 1.29 is 24.2 Å². The predicted octanol–water partition coefficient (Wildman–Crippen LogP) is 0.298. The van der Waals surface area contributed by atoms with E-state index in [1.54, 1.807) is 4.90 Å². The van der Waals surface area contributed by atoms with Crippen LogP contribution in [0.25, 0.3) is 0 Å². The number of nitrogens with zero attached hydrogens (tertiary/aromatic N) is 1. The second-order valence-electron chi connectivity index (χ2n) is 5.29. The van der Waals surface area contributed by atoms with Crippen LogP contribution in [-0.2, 0) is 14.3 Å². The molecule has 20 heavy (non-hydrogen) atoms. The SMILES string of the molecule is O=C(O)CC1CN(C(=O)NCCC2CCOC2)CCO1. The maximum absolute atomic E-state index is 12.0. The molecule has 0 aromatic heterocycles. The van der Waals surface area contributed by atoms with Gasteiger partial charge in [-0.15, -0.1) is 0 Å². The molecule has 7 nitrogen and oxygen atoms in total. The largest absolute Gasteiger partial charge is 0.481 e. The summed E-state index contributed by atoms with van der Waals surface area (Å²) in [6.45, 7) is 3.47. The van der Waals surface area contributed by atoms with Gasteiger partial charge in [0.2, 0.25) is 0 Å². The van der Waals surface area contributed by atoms with Crippen LogP contribution < -0.4 is 5.32 Å². The fourth-order valence-corrected chi connectivity index (χ4v) is 2.53. The molecule has 2 rings (SSSR count). The highest BCUT2D eigenvalue weighted by Gasteiger charge is 2.26. The lowest BCUT2D eigenvalue weighted by molar-refractivity contribution is -0.141. The van der Waals surface area contributed by atoms with Gasteiger partial charge < -0.3 is 24.8 Å². The molecule has 0 aliphatic carbocycles. The van der Waals surface area contributed by atoms with Gasteiger partial charge in [0.25, 0.3) is 0 Å². The van der Waals surface area contributed by atoms with Crippen molar-refractivity contribution in [3.8, 4) is 0 Å². The normalized spacial score (nSPS) is 26.5. The molecule has 2 aliphatic heterocycles. The lowest BCUT2D eigenvalue weighted by Crippen LogP contribution is -2.50. The van der Waals surface area contributed by atoms with Gasteiger partial charge in [0, 0.05) is 32.8 Å². The van der Waals surface area contributed by atoms with Crippen molar-refractivity contribution in [3.05, 3.63) is 0 Å². The molecule has 2 fully saturated rings. The van der Waals surface area contributed by atoms with E-state index in [2.05, 4.69) is 5.32 Å². The number of amides is 2. The first kappa shape index (κ1) is 15.1. The summed E-state index contributed by atoms with van der Waals surface area (Å²) in [6, 6.07) is -0.136. The number of carbonyl (C=O) groups excluding carboxylic acids is 1. The summed E-state index contributed by atoms with van der Waals surface area (Å²) in [6.07, 6.45) is 1.52. The van der Waals surface area contributed by atoms with Crippen LogP contribution in [0.15, 0.2) is 0 Å². The van der Waals surface area contributed by atoms with Gasteiger partial charge in [-0.1, -0.05) is 0 Å². The second-order valence-corrected chi connectivity index (χ2v) is 5.29. The molecule has 114 valence electrons. The Morgan fingerprint density at radius 1 is 1.35 bits per heavy atom. The van der Waals surface area contributed by atoms with E-state index in [0.29, 0.717) is 32.2 Å². The smallest absolute Gasteiger partial charge is 0.317 e. The van der Waals surface area contributed by atoms with Gasteiger partial charge in [0.15, 0.2) is 0 Å². The van der Waals surface area contributed by atoms with Crippen molar-refractivity contribution in [2.45, 2.75) is 25.4 Å². The molecule has 7 heteroatoms. The first-order chi connectivity index (χ1) is 9.65. The molecule has 2 saturated heterocycles. The van der Waals surface area contributed by atoms with Gasteiger partial charge in [0.1, 0.15) is 0 Å². The summed E-state index contributed by atoms with van der Waals surface area (Å²) >= 11 is 0. The number of hydrogen-bond donors (Lipinski definition) is 2. The molecular formula is C13H22N2O5. The lowest BCUT2D eigenvalue weighted by Gasteiger charge is -2.32. The molecule has 2 N–H and O–H groups in total. The molecule has 0 radical (unpaired) electrons. The van der Waals surface area contributed by atoms with Crippen molar-refractivity contribution in [2.75, 3.05) is 39.5 Å². The number of morpholine rings is 1. The van der Waals surface area contributed by atoms with Gasteiger partial charge in [-0.05, 0) is 18.8 Å². The zero-order valence-corrected chi connectivity index (χ0v) is 11.5. The Morgan fingerprint density at radius 3 is 2.90 bits per heavy atom. The summed E-state index contributed by atoms with van der Waals surface area (Å²) in [7, 11) is 0. The Bertz CT molecular complexity index is 344. The van der Waals surface area contributed by atoms with Crippen LogP contribution in [0.4, 0.5) is 4.79 Å². The molecule has 2 aliphatic rings. The average molecular weight is 286 g/mol. The summed E-state index contributed by atoms with van der Waals surface area (Å²) in [5, 5.41) is 11.6. The Labute approximate surface area is 118 Å². The first-order valence-electron chi connectivity index (χ1n) is 7.09. The van der Waals surface area contributed by atoms with Crippen molar-refractivity contribution >= 4 is 12.0 Å². The molecule has 0 saturated carbocycles. The molecule has 2 heterocycles. The van der Waals surface area contributed by atoms with Gasteiger partial charge >= 0.3 is 12.0 Å². The summed E-state index contributed by atoms with van der Waals surface area (Å²) in [5.74, 6) is -0.363. The number of carbonyl (C=O) groups is 2. The van der Waals surface area contributed by atoms with Crippen molar-refractivity contribution in [2.24, 2.45) is 5.92 Å². The number of nitrogens with one attached hydrogen (secondary N) is 1. The molecular weight excluding hydrogens is 264 g/mol. The van der Waals surface area contributed by atoms with E-state index in [9.17, 15) is 9.59 Å². The van der Waals surface area contributed by atoms with Crippen LogP contribution >= 0.6 is 0 Å². The van der Waals surface area contributed by atoms with Crippen LogP contribution in [-0.4, -0.2) is 67.6 Å². The van der Waals surface area contributed by atoms with Gasteiger partial charge in [-0.2, -0.15) is 0 Å². The second kappa shape index (κ2) is 7.44. The van der Waals surface area contributed by atoms with Crippen molar-refractivity contribution in [1.29, 1.82) is 0 Å². The summed E-state index contributed by atoms with van der Waals surface area (Å²) in [4.78, 5) is 24.3. The highest BCUT2D eigenvalue weighted by molar-refractivity contribution is 5.74. The number of urea groups is 1. The van der Waals surface area contributed by atoms with Crippen LogP contribution in [0.2, 0.25) is 0 Å². The van der Waals surface area contributed by atoms with Crippen molar-refractivity contribution in [3.63, 3.8) is 0 Å². The van der Waals surface area contributed by atoms with E-state index in [4.69, 9.17) is 14.6 Å². The molecule has 0 bridgehead atoms. The van der Waals surface area contributed by atoms with Crippen LogP contribution in [0.5, 0.6) is 0 Å². The number of carboxylic acids is 1.